The van der Waals surface area contributed by atoms with Gasteiger partial charge in [0.2, 0.25) is 0 Å². The Balaban J connectivity index is 1.41. The molecule has 5 atom stereocenters. The van der Waals surface area contributed by atoms with E-state index < -0.39 is 67.0 Å². The third kappa shape index (κ3) is 5.41. The molecule has 5 rings (SSSR count). The minimum atomic E-state index is -4.53. The third-order valence-corrected chi connectivity index (χ3v) is 7.91. The largest absolute Gasteiger partial charge is 0.456 e. The normalized spacial score (nSPS) is 23.9. The van der Waals surface area contributed by atoms with Crippen LogP contribution in [0, 0.1) is 0 Å². The number of esters is 1. The molecular weight excluding hydrogens is 567 g/mol. The molecule has 11 nitrogen and oxygen atoms in total. The predicted octanol–water partition coefficient (Wildman–Crippen LogP) is 1.02. The van der Waals surface area contributed by atoms with Crippen molar-refractivity contribution in [2.24, 2.45) is 0 Å². The number of rotatable bonds is 6. The smallest absolute Gasteiger partial charge is 0.416 e. The first-order valence-corrected chi connectivity index (χ1v) is 13.1. The summed E-state index contributed by atoms with van der Waals surface area (Å²) < 4.78 is 50.8. The van der Waals surface area contributed by atoms with Crippen LogP contribution >= 0.6 is 22.7 Å². The van der Waals surface area contributed by atoms with Crippen LogP contribution in [0.5, 0.6) is 0 Å². The molecule has 0 bridgehead atoms. The molecule has 1 aromatic carbocycles. The van der Waals surface area contributed by atoms with E-state index >= 15 is 0 Å². The van der Waals surface area contributed by atoms with Crippen molar-refractivity contribution >= 4 is 49.6 Å². The van der Waals surface area contributed by atoms with Crippen molar-refractivity contribution in [2.45, 2.75) is 49.8 Å². The first-order chi connectivity index (χ1) is 18.5. The Bertz CT molecular complexity index is 1590. The van der Waals surface area contributed by atoms with Crippen LogP contribution in [-0.2, 0) is 33.4 Å². The lowest BCUT2D eigenvalue weighted by Gasteiger charge is -2.39. The van der Waals surface area contributed by atoms with Gasteiger partial charge in [-0.3, -0.25) is 9.59 Å². The first-order valence-electron chi connectivity index (χ1n) is 11.4. The van der Waals surface area contributed by atoms with Crippen LogP contribution in [0.25, 0.3) is 21.0 Å². The summed E-state index contributed by atoms with van der Waals surface area (Å²) in [5.74, 6) is -0.950. The molecule has 4 aromatic rings. The van der Waals surface area contributed by atoms with Gasteiger partial charge in [0.1, 0.15) is 23.3 Å². The monoisotopic (exact) mass is 587 g/mol. The number of nitrogens with zero attached hydrogens (tertiary/aromatic N) is 3. The predicted molar refractivity (Wildman–Crippen MR) is 131 cm³/mol. The maximum Gasteiger partial charge on any atom is 0.416 e. The lowest BCUT2D eigenvalue weighted by Crippen LogP contribution is -2.59. The highest BCUT2D eigenvalue weighted by atomic mass is 32.1. The maximum atomic E-state index is 13.1. The van der Waals surface area contributed by atoms with Crippen LogP contribution in [0.15, 0.2) is 33.8 Å². The van der Waals surface area contributed by atoms with Crippen LogP contribution in [0.4, 0.5) is 13.2 Å². The van der Waals surface area contributed by atoms with E-state index in [-0.39, 0.29) is 23.1 Å². The number of hydrogen-bond donors (Lipinski definition) is 4. The number of aliphatic hydroxyl groups is 4. The Labute approximate surface area is 224 Å². The summed E-state index contributed by atoms with van der Waals surface area (Å²) >= 11 is 2.28. The van der Waals surface area contributed by atoms with Gasteiger partial charge in [0, 0.05) is 16.1 Å². The Morgan fingerprint density at radius 1 is 1.15 bits per heavy atom. The second-order valence-corrected chi connectivity index (χ2v) is 10.6. The summed E-state index contributed by atoms with van der Waals surface area (Å²) in [4.78, 5) is 30.0. The summed E-state index contributed by atoms with van der Waals surface area (Å²) in [7, 11) is 0. The van der Waals surface area contributed by atoms with Crippen LogP contribution in [0.3, 0.4) is 0 Å². The zero-order valence-corrected chi connectivity index (χ0v) is 21.2. The van der Waals surface area contributed by atoms with Gasteiger partial charge in [0.25, 0.3) is 5.56 Å². The van der Waals surface area contributed by atoms with Gasteiger partial charge in [0.05, 0.1) is 46.4 Å². The van der Waals surface area contributed by atoms with Crippen LogP contribution < -0.4 is 5.56 Å². The summed E-state index contributed by atoms with van der Waals surface area (Å²) in [5, 5.41) is 47.9. The fourth-order valence-electron chi connectivity index (χ4n) is 4.19. The molecule has 3 aromatic heterocycles. The van der Waals surface area contributed by atoms with Gasteiger partial charge in [0.15, 0.2) is 12.4 Å². The van der Waals surface area contributed by atoms with Gasteiger partial charge < -0.3 is 29.9 Å². The van der Waals surface area contributed by atoms with Crippen molar-refractivity contribution < 1.29 is 47.9 Å². The van der Waals surface area contributed by atoms with Gasteiger partial charge >= 0.3 is 12.1 Å². The SMILES string of the molecule is O=C(Cc1nn(Cc2nc3cc(C(F)(F)F)ccc3s2)c(=O)c2cscc12)OC1[C@@H](O)[C@H](O)O[C@H](CO)[C@H]1O. The number of halogens is 3. The zero-order chi connectivity index (χ0) is 28.1. The quantitative estimate of drug-likeness (QED) is 0.240. The molecule has 0 amide bonds. The molecule has 0 saturated carbocycles. The van der Waals surface area contributed by atoms with E-state index in [4.69, 9.17) is 9.47 Å². The van der Waals surface area contributed by atoms with Gasteiger partial charge in [-0.05, 0) is 18.2 Å². The Hall–Kier alpha value is -2.99. The number of fused-ring (bicyclic) bond motifs is 2. The highest BCUT2D eigenvalue weighted by molar-refractivity contribution is 7.18. The lowest BCUT2D eigenvalue weighted by molar-refractivity contribution is -0.289. The maximum absolute atomic E-state index is 13.1. The number of hydrogen-bond acceptors (Lipinski definition) is 12. The van der Waals surface area contributed by atoms with E-state index in [0.717, 1.165) is 28.2 Å². The molecule has 0 radical (unpaired) electrons. The average molecular weight is 588 g/mol. The topological polar surface area (TPSA) is 164 Å². The standard InChI is InChI=1S/C23H20F3N3O8S2/c24-23(25,26)9-1-2-15-13(3-9)27-16(39-15)5-29-21(34)11-8-38-7-10(11)12(28-29)4-17(31)37-20-18(32)14(6-30)36-22(35)19(20)33/h1-3,7-8,14,18-20,22,30,32-33,35H,4-6H2/t14-,18-,19-,20?,22-/m1/s1. The lowest BCUT2D eigenvalue weighted by atomic mass is 9.99. The summed E-state index contributed by atoms with van der Waals surface area (Å²) in [5.41, 5.74) is -1.09. The van der Waals surface area contributed by atoms with Gasteiger partial charge in [-0.1, -0.05) is 0 Å². The highest BCUT2D eigenvalue weighted by Gasteiger charge is 2.46. The molecule has 1 aliphatic rings. The minimum Gasteiger partial charge on any atom is -0.456 e. The molecule has 1 unspecified atom stereocenters. The van der Waals surface area contributed by atoms with Gasteiger partial charge in [-0.2, -0.15) is 29.6 Å². The number of thiophene rings is 1. The molecule has 1 aliphatic heterocycles. The second kappa shape index (κ2) is 10.5. The molecule has 39 heavy (non-hydrogen) atoms. The van der Waals surface area contributed by atoms with Crippen molar-refractivity contribution in [3.63, 3.8) is 0 Å². The number of aromatic nitrogens is 3. The fraction of sp³-hybridized carbons (Fsp3) is 0.391. The number of thiazole rings is 1. The second-order valence-electron chi connectivity index (χ2n) is 8.76. The Kier molecular flexibility index (Phi) is 7.45. The van der Waals surface area contributed by atoms with Crippen LogP contribution in [-0.4, -0.2) is 78.5 Å². The average Bonchev–Trinajstić information content (AvgIpc) is 3.53. The van der Waals surface area contributed by atoms with Crippen molar-refractivity contribution in [3.8, 4) is 0 Å². The number of benzene rings is 1. The Morgan fingerprint density at radius 3 is 2.62 bits per heavy atom. The summed E-state index contributed by atoms with van der Waals surface area (Å²) in [6.45, 7) is -0.876. The van der Waals surface area contributed by atoms with Crippen molar-refractivity contribution in [3.05, 3.63) is 55.6 Å². The molecule has 4 N–H and O–H groups in total. The highest BCUT2D eigenvalue weighted by Crippen LogP contribution is 2.33. The molecule has 4 heterocycles. The summed E-state index contributed by atoms with van der Waals surface area (Å²) in [6, 6.07) is 3.17. The van der Waals surface area contributed by atoms with Crippen molar-refractivity contribution in [1.82, 2.24) is 14.8 Å². The van der Waals surface area contributed by atoms with E-state index in [2.05, 4.69) is 10.1 Å². The molecule has 16 heteroatoms. The fourth-order valence-corrected chi connectivity index (χ4v) is 5.95. The van der Waals surface area contributed by atoms with E-state index in [0.29, 0.717) is 15.1 Å². The number of ether oxygens (including phenoxy) is 2. The first kappa shape index (κ1) is 27.6. The molecular formula is C23H20F3N3O8S2. The third-order valence-electron chi connectivity index (χ3n) is 6.14. The van der Waals surface area contributed by atoms with Crippen molar-refractivity contribution in [2.75, 3.05) is 6.61 Å². The molecule has 1 fully saturated rings. The summed E-state index contributed by atoms with van der Waals surface area (Å²) in [6.07, 6.45) is -13.1. The Morgan fingerprint density at radius 2 is 1.90 bits per heavy atom. The number of aliphatic hydroxyl groups excluding tert-OH is 4. The molecule has 0 aliphatic carbocycles. The van der Waals surface area contributed by atoms with Gasteiger partial charge in [-0.15, -0.1) is 11.3 Å². The zero-order valence-electron chi connectivity index (χ0n) is 19.6. The van der Waals surface area contributed by atoms with E-state index in [1.807, 2.05) is 0 Å². The molecule has 0 spiro atoms. The van der Waals surface area contributed by atoms with Crippen LogP contribution in [0.2, 0.25) is 0 Å². The number of carbonyl (C=O) groups is 1. The number of alkyl halides is 3. The van der Waals surface area contributed by atoms with E-state index in [9.17, 15) is 43.2 Å². The van der Waals surface area contributed by atoms with Crippen molar-refractivity contribution in [1.29, 1.82) is 0 Å². The van der Waals surface area contributed by atoms with E-state index in [1.165, 1.54) is 17.4 Å². The number of carbonyl (C=O) groups excluding carboxylic acids is 1. The van der Waals surface area contributed by atoms with E-state index in [1.54, 1.807) is 10.8 Å². The van der Waals surface area contributed by atoms with Crippen LogP contribution in [0.1, 0.15) is 16.3 Å². The minimum absolute atomic E-state index is 0.121. The van der Waals surface area contributed by atoms with Gasteiger partial charge in [-0.25, -0.2) is 9.67 Å². The molecule has 208 valence electrons. The molecule has 1 saturated heterocycles.